The molecule has 29 heavy (non-hydrogen) atoms. The zero-order valence-electron chi connectivity index (χ0n) is 16.3. The highest BCUT2D eigenvalue weighted by Gasteiger charge is 2.27. The second kappa shape index (κ2) is 9.71. The second-order valence-corrected chi connectivity index (χ2v) is 9.53. The van der Waals surface area contributed by atoms with Crippen LogP contribution in [0.15, 0.2) is 53.4 Å². The van der Waals surface area contributed by atoms with Crippen LogP contribution < -0.4 is 5.32 Å². The summed E-state index contributed by atoms with van der Waals surface area (Å²) in [4.78, 5) is 12.6. The van der Waals surface area contributed by atoms with Crippen molar-refractivity contribution in [2.24, 2.45) is 0 Å². The molecule has 0 bridgehead atoms. The monoisotopic (exact) mass is 436 g/mol. The average Bonchev–Trinajstić information content (AvgIpc) is 3.21. The van der Waals surface area contributed by atoms with Crippen LogP contribution in [0.1, 0.15) is 24.0 Å². The van der Waals surface area contributed by atoms with Crippen LogP contribution in [0.4, 0.5) is 0 Å². The number of hydrogen-bond acceptors (Lipinski definition) is 4. The number of halogens is 1. The number of ether oxygens (including phenoxy) is 1. The lowest BCUT2D eigenvalue weighted by atomic mass is 10.1. The Balaban J connectivity index is 1.77. The van der Waals surface area contributed by atoms with E-state index in [1.54, 1.807) is 0 Å². The van der Waals surface area contributed by atoms with E-state index in [9.17, 15) is 13.2 Å². The molecule has 1 heterocycles. The maximum Gasteiger partial charge on any atom is 0.243 e. The van der Waals surface area contributed by atoms with Gasteiger partial charge < -0.3 is 10.1 Å². The highest BCUT2D eigenvalue weighted by Crippen LogP contribution is 2.21. The van der Waals surface area contributed by atoms with E-state index in [-0.39, 0.29) is 30.0 Å². The number of rotatable bonds is 8. The molecule has 1 aliphatic rings. The fourth-order valence-electron chi connectivity index (χ4n) is 3.13. The van der Waals surface area contributed by atoms with Crippen molar-refractivity contribution in [1.82, 2.24) is 9.62 Å². The molecule has 2 aromatic carbocycles. The largest absolute Gasteiger partial charge is 0.376 e. The first-order chi connectivity index (χ1) is 13.8. The van der Waals surface area contributed by atoms with Crippen molar-refractivity contribution in [2.75, 3.05) is 19.7 Å². The lowest BCUT2D eigenvalue weighted by molar-refractivity contribution is -0.121. The van der Waals surface area contributed by atoms with Crippen LogP contribution in [0.25, 0.3) is 0 Å². The van der Waals surface area contributed by atoms with Gasteiger partial charge >= 0.3 is 0 Å². The number of benzene rings is 2. The van der Waals surface area contributed by atoms with Crippen molar-refractivity contribution in [3.63, 3.8) is 0 Å². The minimum absolute atomic E-state index is 0.00243. The Morgan fingerprint density at radius 1 is 1.17 bits per heavy atom. The lowest BCUT2D eigenvalue weighted by Gasteiger charge is -2.22. The van der Waals surface area contributed by atoms with Gasteiger partial charge in [0.05, 0.1) is 17.5 Å². The minimum Gasteiger partial charge on any atom is -0.376 e. The third-order valence-corrected chi connectivity index (χ3v) is 6.86. The fourth-order valence-corrected chi connectivity index (χ4v) is 4.64. The second-order valence-electron chi connectivity index (χ2n) is 7.15. The standard InChI is InChI=1S/C21H25ClN2O4S/c1-16-4-6-17(7-5-16)14-24(15-21(25)23-13-19-3-2-12-28-19)29(26,27)20-10-8-18(22)9-11-20/h4-11,19H,2-3,12-15H2,1H3,(H,23,25). The fraction of sp³-hybridized carbons (Fsp3) is 0.381. The SMILES string of the molecule is Cc1ccc(CN(CC(=O)NCC2CCCO2)S(=O)(=O)c2ccc(Cl)cc2)cc1. The number of aryl methyl sites for hydroxylation is 1. The molecule has 2 aromatic rings. The van der Waals surface area contributed by atoms with Crippen molar-refractivity contribution in [2.45, 2.75) is 37.3 Å². The summed E-state index contributed by atoms with van der Waals surface area (Å²) in [5.41, 5.74) is 1.88. The summed E-state index contributed by atoms with van der Waals surface area (Å²) >= 11 is 5.89. The number of sulfonamides is 1. The smallest absolute Gasteiger partial charge is 0.243 e. The molecule has 1 atom stereocenters. The van der Waals surface area contributed by atoms with Crippen LogP contribution in [0, 0.1) is 6.92 Å². The van der Waals surface area contributed by atoms with E-state index < -0.39 is 10.0 Å². The molecular formula is C21H25ClN2O4S. The Morgan fingerprint density at radius 2 is 1.86 bits per heavy atom. The summed E-state index contributed by atoms with van der Waals surface area (Å²) in [6, 6.07) is 13.5. The highest BCUT2D eigenvalue weighted by atomic mass is 35.5. The summed E-state index contributed by atoms with van der Waals surface area (Å²) in [7, 11) is -3.88. The van der Waals surface area contributed by atoms with Crippen molar-refractivity contribution < 1.29 is 17.9 Å². The Hall–Kier alpha value is -1.93. The summed E-state index contributed by atoms with van der Waals surface area (Å²) in [5.74, 6) is -0.356. The molecule has 1 aliphatic heterocycles. The van der Waals surface area contributed by atoms with E-state index in [2.05, 4.69) is 5.32 Å². The van der Waals surface area contributed by atoms with E-state index in [0.29, 0.717) is 18.2 Å². The highest BCUT2D eigenvalue weighted by molar-refractivity contribution is 7.89. The number of carbonyl (C=O) groups excluding carboxylic acids is 1. The molecule has 3 rings (SSSR count). The Kier molecular flexibility index (Phi) is 7.29. The molecule has 6 nitrogen and oxygen atoms in total. The predicted octanol–water partition coefficient (Wildman–Crippen LogP) is 3.13. The molecule has 1 saturated heterocycles. The topological polar surface area (TPSA) is 75.7 Å². The molecule has 0 spiro atoms. The Morgan fingerprint density at radius 3 is 2.48 bits per heavy atom. The van der Waals surface area contributed by atoms with Gasteiger partial charge in [-0.15, -0.1) is 0 Å². The molecule has 1 unspecified atom stereocenters. The van der Waals surface area contributed by atoms with Gasteiger partial charge in [-0.3, -0.25) is 4.79 Å². The van der Waals surface area contributed by atoms with Gasteiger partial charge in [-0.2, -0.15) is 4.31 Å². The lowest BCUT2D eigenvalue weighted by Crippen LogP contribution is -2.42. The quantitative estimate of drug-likeness (QED) is 0.689. The molecule has 1 N–H and O–H groups in total. The van der Waals surface area contributed by atoms with E-state index in [0.717, 1.165) is 24.0 Å². The van der Waals surface area contributed by atoms with Gasteiger partial charge in [-0.25, -0.2) is 8.42 Å². The molecule has 156 valence electrons. The predicted molar refractivity (Wildman–Crippen MR) is 112 cm³/mol. The molecule has 8 heteroatoms. The van der Waals surface area contributed by atoms with E-state index in [1.807, 2.05) is 31.2 Å². The van der Waals surface area contributed by atoms with Crippen molar-refractivity contribution >= 4 is 27.5 Å². The molecule has 0 saturated carbocycles. The molecule has 1 fully saturated rings. The minimum atomic E-state index is -3.88. The van der Waals surface area contributed by atoms with Gasteiger partial charge in [0.2, 0.25) is 15.9 Å². The van der Waals surface area contributed by atoms with Crippen LogP contribution in [0.3, 0.4) is 0 Å². The van der Waals surface area contributed by atoms with E-state index in [4.69, 9.17) is 16.3 Å². The van der Waals surface area contributed by atoms with Crippen molar-refractivity contribution in [3.05, 3.63) is 64.7 Å². The zero-order chi connectivity index (χ0) is 20.9. The molecule has 0 aliphatic carbocycles. The molecule has 0 radical (unpaired) electrons. The Bertz CT molecular complexity index is 924. The zero-order valence-corrected chi connectivity index (χ0v) is 17.9. The van der Waals surface area contributed by atoms with Gasteiger partial charge in [-0.05, 0) is 49.6 Å². The van der Waals surface area contributed by atoms with Crippen molar-refractivity contribution in [1.29, 1.82) is 0 Å². The van der Waals surface area contributed by atoms with Crippen LogP contribution >= 0.6 is 11.6 Å². The third-order valence-electron chi connectivity index (χ3n) is 4.80. The van der Waals surface area contributed by atoms with Gasteiger partial charge in [0.15, 0.2) is 0 Å². The number of hydrogen-bond donors (Lipinski definition) is 1. The molecule has 1 amide bonds. The number of nitrogens with zero attached hydrogens (tertiary/aromatic N) is 1. The molecular weight excluding hydrogens is 412 g/mol. The maximum atomic E-state index is 13.2. The van der Waals surface area contributed by atoms with Gasteiger partial charge in [0, 0.05) is 24.7 Å². The summed E-state index contributed by atoms with van der Waals surface area (Å²) in [5, 5.41) is 3.24. The third kappa shape index (κ3) is 6.02. The van der Waals surface area contributed by atoms with Gasteiger partial charge in [0.1, 0.15) is 0 Å². The van der Waals surface area contributed by atoms with Gasteiger partial charge in [-0.1, -0.05) is 41.4 Å². The number of nitrogens with one attached hydrogen (secondary N) is 1. The van der Waals surface area contributed by atoms with Crippen LogP contribution in [-0.4, -0.2) is 44.4 Å². The van der Waals surface area contributed by atoms with Gasteiger partial charge in [0.25, 0.3) is 0 Å². The maximum absolute atomic E-state index is 13.2. The number of amides is 1. The normalized spacial score (nSPS) is 16.9. The average molecular weight is 437 g/mol. The molecule has 0 aromatic heterocycles. The van der Waals surface area contributed by atoms with E-state index in [1.165, 1.54) is 28.6 Å². The van der Waals surface area contributed by atoms with Crippen LogP contribution in [-0.2, 0) is 26.1 Å². The summed E-state index contributed by atoms with van der Waals surface area (Å²) in [6.45, 7) is 2.87. The van der Waals surface area contributed by atoms with Crippen LogP contribution in [0.2, 0.25) is 5.02 Å². The summed E-state index contributed by atoms with van der Waals surface area (Å²) in [6.07, 6.45) is 1.87. The number of carbonyl (C=O) groups is 1. The first-order valence-corrected chi connectivity index (χ1v) is 11.4. The van der Waals surface area contributed by atoms with Crippen molar-refractivity contribution in [3.8, 4) is 0 Å². The first kappa shape index (κ1) is 21.8. The summed E-state index contributed by atoms with van der Waals surface area (Å²) < 4.78 is 33.1. The first-order valence-electron chi connectivity index (χ1n) is 9.54. The van der Waals surface area contributed by atoms with E-state index >= 15 is 0 Å². The Labute approximate surface area is 176 Å². The van der Waals surface area contributed by atoms with Crippen LogP contribution in [0.5, 0.6) is 0 Å².